The molecule has 0 fully saturated rings. The maximum Gasteiger partial charge on any atom is 0.306 e. The van der Waals surface area contributed by atoms with E-state index in [0.29, 0.717) is 19.3 Å². The first-order chi connectivity index (χ1) is 39.0. The van der Waals surface area contributed by atoms with Crippen molar-refractivity contribution in [3.63, 3.8) is 0 Å². The number of esters is 3. The monoisotopic (exact) mass is 1090 g/mol. The van der Waals surface area contributed by atoms with Gasteiger partial charge in [-0.25, -0.2) is 0 Å². The zero-order valence-corrected chi connectivity index (χ0v) is 51.3. The van der Waals surface area contributed by atoms with Gasteiger partial charge in [-0.2, -0.15) is 0 Å². The summed E-state index contributed by atoms with van der Waals surface area (Å²) >= 11 is 0. The Kier molecular flexibility index (Phi) is 62.3. The first-order valence-corrected chi connectivity index (χ1v) is 32.7. The molecule has 6 heteroatoms. The van der Waals surface area contributed by atoms with E-state index < -0.39 is 6.10 Å². The molecule has 448 valence electrons. The van der Waals surface area contributed by atoms with Crippen LogP contribution >= 0.6 is 0 Å². The van der Waals surface area contributed by atoms with Crippen LogP contribution < -0.4 is 0 Å². The molecule has 79 heavy (non-hydrogen) atoms. The summed E-state index contributed by atoms with van der Waals surface area (Å²) in [5.41, 5.74) is 0. The Morgan fingerprint density at radius 3 is 0.772 bits per heavy atom. The van der Waals surface area contributed by atoms with Gasteiger partial charge in [-0.3, -0.25) is 14.4 Å². The lowest BCUT2D eigenvalue weighted by Crippen LogP contribution is -2.30. The Morgan fingerprint density at radius 1 is 0.266 bits per heavy atom. The van der Waals surface area contributed by atoms with Crippen molar-refractivity contribution in [3.05, 3.63) is 134 Å². The van der Waals surface area contributed by atoms with Crippen LogP contribution in [-0.4, -0.2) is 37.2 Å². The summed E-state index contributed by atoms with van der Waals surface area (Å²) in [5.74, 6) is -0.915. The van der Waals surface area contributed by atoms with Gasteiger partial charge in [0.05, 0.1) is 0 Å². The summed E-state index contributed by atoms with van der Waals surface area (Å²) in [4.78, 5) is 38.3. The molecule has 1 atom stereocenters. The average Bonchev–Trinajstić information content (AvgIpc) is 3.45. The molecule has 0 saturated heterocycles. The lowest BCUT2D eigenvalue weighted by atomic mass is 10.0. The van der Waals surface area contributed by atoms with Crippen molar-refractivity contribution in [2.24, 2.45) is 0 Å². The Morgan fingerprint density at radius 2 is 0.494 bits per heavy atom. The zero-order valence-electron chi connectivity index (χ0n) is 51.3. The molecule has 0 rings (SSSR count). The molecule has 0 amide bonds. The highest BCUT2D eigenvalue weighted by atomic mass is 16.6. The highest BCUT2D eigenvalue weighted by Gasteiger charge is 2.19. The molecule has 0 radical (unpaired) electrons. The number of hydrogen-bond acceptors (Lipinski definition) is 6. The van der Waals surface area contributed by atoms with Gasteiger partial charge in [0.15, 0.2) is 6.10 Å². The van der Waals surface area contributed by atoms with E-state index in [9.17, 15) is 14.4 Å². The normalized spacial score (nSPS) is 13.0. The molecule has 0 aromatic carbocycles. The van der Waals surface area contributed by atoms with Gasteiger partial charge in [0, 0.05) is 19.3 Å². The second-order valence-corrected chi connectivity index (χ2v) is 21.3. The number of carbonyl (C=O) groups excluding carboxylic acids is 3. The minimum absolute atomic E-state index is 0.0903. The maximum absolute atomic E-state index is 12.9. The molecule has 0 heterocycles. The second-order valence-electron chi connectivity index (χ2n) is 21.3. The Labute approximate surface area is 487 Å². The van der Waals surface area contributed by atoms with Gasteiger partial charge in [0.25, 0.3) is 0 Å². The Balaban J connectivity index is 4.34. The SMILES string of the molecule is CC/C=C\C/C=C\C/C=C\C/C=C\C/C=C\C/C=C\CCCCCCC(=O)OC(COC(=O)CCCCCCCCCCCCC)COC(=O)CCCCCCCCCCCCC/C=C\C/C=C\C/C=C\C/C=C\C/C=C\CC. The van der Waals surface area contributed by atoms with Gasteiger partial charge in [0.1, 0.15) is 13.2 Å². The highest BCUT2D eigenvalue weighted by molar-refractivity contribution is 5.71. The highest BCUT2D eigenvalue weighted by Crippen LogP contribution is 2.16. The van der Waals surface area contributed by atoms with E-state index in [1.54, 1.807) is 0 Å². The van der Waals surface area contributed by atoms with E-state index in [-0.39, 0.29) is 31.1 Å². The molecule has 0 aromatic rings. The summed E-state index contributed by atoms with van der Waals surface area (Å²) in [7, 11) is 0. The third kappa shape index (κ3) is 64.3. The minimum Gasteiger partial charge on any atom is -0.462 e. The molecule has 0 aliphatic rings. The third-order valence-electron chi connectivity index (χ3n) is 13.7. The van der Waals surface area contributed by atoms with Crippen LogP contribution in [0.15, 0.2) is 134 Å². The van der Waals surface area contributed by atoms with Crippen molar-refractivity contribution in [3.8, 4) is 0 Å². The van der Waals surface area contributed by atoms with E-state index in [1.807, 2.05) is 0 Å². The van der Waals surface area contributed by atoms with Gasteiger partial charge in [-0.15, -0.1) is 0 Å². The molecule has 0 aliphatic carbocycles. The fraction of sp³-hybridized carbons (Fsp3) is 0.658. The lowest BCUT2D eigenvalue weighted by molar-refractivity contribution is -0.167. The molecule has 0 aliphatic heterocycles. The van der Waals surface area contributed by atoms with Crippen molar-refractivity contribution in [2.75, 3.05) is 13.2 Å². The van der Waals surface area contributed by atoms with E-state index in [1.165, 1.54) is 109 Å². The van der Waals surface area contributed by atoms with Crippen LogP contribution in [0.4, 0.5) is 0 Å². The van der Waals surface area contributed by atoms with Crippen LogP contribution in [0.25, 0.3) is 0 Å². The number of allylic oxidation sites excluding steroid dienone is 22. The fourth-order valence-electron chi connectivity index (χ4n) is 8.83. The molecule has 0 aromatic heterocycles. The summed E-state index contributed by atoms with van der Waals surface area (Å²) in [6.45, 7) is 6.39. The minimum atomic E-state index is -0.797. The third-order valence-corrected chi connectivity index (χ3v) is 13.7. The predicted molar refractivity (Wildman–Crippen MR) is 343 cm³/mol. The quantitative estimate of drug-likeness (QED) is 0.0261. The molecular formula is C73H120O6. The first kappa shape index (κ1) is 74.5. The van der Waals surface area contributed by atoms with Gasteiger partial charge in [-0.05, 0) is 116 Å². The molecule has 0 bridgehead atoms. The second kappa shape index (κ2) is 66.1. The van der Waals surface area contributed by atoms with Crippen molar-refractivity contribution in [1.29, 1.82) is 0 Å². The summed E-state index contributed by atoms with van der Waals surface area (Å²) in [6, 6.07) is 0. The smallest absolute Gasteiger partial charge is 0.306 e. The molecule has 0 N–H and O–H groups in total. The van der Waals surface area contributed by atoms with Crippen LogP contribution in [0.5, 0.6) is 0 Å². The molecular weight excluding hydrogens is 973 g/mol. The average molecular weight is 1090 g/mol. The molecule has 0 saturated carbocycles. The number of hydrogen-bond donors (Lipinski definition) is 0. The number of unbranched alkanes of at least 4 members (excludes halogenated alkanes) is 25. The topological polar surface area (TPSA) is 78.9 Å². The van der Waals surface area contributed by atoms with Crippen LogP contribution in [0.3, 0.4) is 0 Å². The lowest BCUT2D eigenvalue weighted by Gasteiger charge is -2.18. The van der Waals surface area contributed by atoms with Crippen LogP contribution in [0, 0.1) is 0 Å². The van der Waals surface area contributed by atoms with Crippen molar-refractivity contribution in [1.82, 2.24) is 0 Å². The largest absolute Gasteiger partial charge is 0.462 e. The fourth-order valence-corrected chi connectivity index (χ4v) is 8.83. The summed E-state index contributed by atoms with van der Waals surface area (Å²) < 4.78 is 16.9. The van der Waals surface area contributed by atoms with Crippen LogP contribution in [0.1, 0.15) is 290 Å². The van der Waals surface area contributed by atoms with E-state index >= 15 is 0 Å². The van der Waals surface area contributed by atoms with Crippen LogP contribution in [0.2, 0.25) is 0 Å². The van der Waals surface area contributed by atoms with E-state index in [0.717, 1.165) is 141 Å². The Hall–Kier alpha value is -4.45. The van der Waals surface area contributed by atoms with Crippen molar-refractivity contribution < 1.29 is 28.6 Å². The molecule has 0 spiro atoms. The number of carbonyl (C=O) groups is 3. The summed E-state index contributed by atoms with van der Waals surface area (Å²) in [6.07, 6.45) is 93.2. The van der Waals surface area contributed by atoms with Gasteiger partial charge in [0.2, 0.25) is 0 Å². The zero-order chi connectivity index (χ0) is 57.1. The maximum atomic E-state index is 12.9. The molecule has 6 nitrogen and oxygen atoms in total. The van der Waals surface area contributed by atoms with E-state index in [2.05, 4.69) is 154 Å². The standard InChI is InChI=1S/C73H120O6/c1-4-7-10-13-16-19-22-24-26-28-30-32-34-35-36-37-39-40-42-44-46-48-51-54-57-60-63-66-72(75)78-69-70(68-77-71(74)65-62-59-56-53-50-21-18-15-12-9-6-3)79-73(76)67-64-61-58-55-52-49-47-45-43-41-38-33-31-29-27-25-23-20-17-14-11-8-5-2/h7-8,10-11,16-17,19-20,24-27,30-33,35-36,41,43,47,49,70H,4-6,9,12-15,18,21-23,28-29,34,37-40,42,44-46,48,50-69H2,1-3H3/b10-7-,11-8-,19-16-,20-17-,26-24-,27-25-,32-30-,33-31-,36-35-,43-41-,49-47-. The molecule has 1 unspecified atom stereocenters. The van der Waals surface area contributed by atoms with Crippen molar-refractivity contribution >= 4 is 17.9 Å². The predicted octanol–water partition coefficient (Wildman–Crippen LogP) is 22.5. The van der Waals surface area contributed by atoms with Gasteiger partial charge >= 0.3 is 17.9 Å². The number of rotatable bonds is 58. The van der Waals surface area contributed by atoms with Crippen LogP contribution in [-0.2, 0) is 28.6 Å². The summed E-state index contributed by atoms with van der Waals surface area (Å²) in [5, 5.41) is 0. The number of ether oxygens (including phenoxy) is 3. The van der Waals surface area contributed by atoms with Crippen molar-refractivity contribution in [2.45, 2.75) is 297 Å². The first-order valence-electron chi connectivity index (χ1n) is 32.7. The van der Waals surface area contributed by atoms with Gasteiger partial charge < -0.3 is 14.2 Å². The van der Waals surface area contributed by atoms with Gasteiger partial charge in [-0.1, -0.05) is 289 Å². The van der Waals surface area contributed by atoms with E-state index in [4.69, 9.17) is 14.2 Å². The Bertz CT molecular complexity index is 1680.